The molecule has 0 saturated heterocycles. The number of benzene rings is 1. The van der Waals surface area contributed by atoms with E-state index in [0.717, 1.165) is 14.5 Å². The van der Waals surface area contributed by atoms with Crippen LogP contribution in [-0.4, -0.2) is 22.6 Å². The highest BCUT2D eigenvalue weighted by Gasteiger charge is 2.22. The van der Waals surface area contributed by atoms with Crippen LogP contribution in [0.25, 0.3) is 0 Å². The molecule has 1 aromatic rings. The van der Waals surface area contributed by atoms with Crippen LogP contribution in [0.5, 0.6) is 0 Å². The molecule has 3 N–H and O–H groups in total. The van der Waals surface area contributed by atoms with Crippen LogP contribution in [0.15, 0.2) is 21.1 Å². The van der Waals surface area contributed by atoms with Gasteiger partial charge < -0.3 is 15.7 Å². The van der Waals surface area contributed by atoms with Crippen molar-refractivity contribution < 1.29 is 14.7 Å². The molecule has 0 atom stereocenters. The van der Waals surface area contributed by atoms with Crippen LogP contribution in [0.4, 0.5) is 10.5 Å². The molecule has 0 aliphatic rings. The summed E-state index contributed by atoms with van der Waals surface area (Å²) in [6, 6.07) is 3.42. The summed E-state index contributed by atoms with van der Waals surface area (Å²) in [5.41, 5.74) is 1.08. The molecule has 116 valence electrons. The van der Waals surface area contributed by atoms with Gasteiger partial charge in [-0.2, -0.15) is 0 Å². The second kappa shape index (κ2) is 7.26. The number of anilines is 1. The monoisotopic (exact) mass is 420 g/mol. The first-order valence-corrected chi connectivity index (χ1v) is 7.96. The second-order valence-electron chi connectivity index (χ2n) is 5.46. The maximum absolute atomic E-state index is 12.1. The van der Waals surface area contributed by atoms with E-state index in [0.29, 0.717) is 12.1 Å². The third kappa shape index (κ3) is 6.05. The molecular weight excluding hydrogens is 404 g/mol. The zero-order chi connectivity index (χ0) is 16.2. The topological polar surface area (TPSA) is 78.4 Å². The Balaban J connectivity index is 2.72. The second-order valence-corrected chi connectivity index (χ2v) is 7.17. The van der Waals surface area contributed by atoms with E-state index in [-0.39, 0.29) is 12.5 Å². The van der Waals surface area contributed by atoms with Crippen molar-refractivity contribution in [1.82, 2.24) is 5.32 Å². The maximum Gasteiger partial charge on any atom is 0.319 e. The lowest BCUT2D eigenvalue weighted by molar-refractivity contribution is -0.137. The van der Waals surface area contributed by atoms with E-state index in [1.54, 1.807) is 13.8 Å². The Hall–Kier alpha value is -1.08. The number of halogens is 2. The highest BCUT2D eigenvalue weighted by molar-refractivity contribution is 9.11. The van der Waals surface area contributed by atoms with Crippen molar-refractivity contribution in [3.05, 3.63) is 26.6 Å². The van der Waals surface area contributed by atoms with Crippen molar-refractivity contribution in [2.45, 2.75) is 39.2 Å². The molecule has 5 nitrogen and oxygen atoms in total. The van der Waals surface area contributed by atoms with Gasteiger partial charge in [-0.15, -0.1) is 0 Å². The van der Waals surface area contributed by atoms with E-state index >= 15 is 0 Å². The van der Waals surface area contributed by atoms with Crippen LogP contribution in [0.1, 0.15) is 32.3 Å². The molecule has 7 heteroatoms. The summed E-state index contributed by atoms with van der Waals surface area (Å²) in [7, 11) is 0. The molecule has 2 amide bonds. The van der Waals surface area contributed by atoms with E-state index in [2.05, 4.69) is 42.5 Å². The predicted octanol–water partition coefficient (Wildman–Crippen LogP) is 4.28. The minimum atomic E-state index is -0.880. The molecule has 0 heterocycles. The van der Waals surface area contributed by atoms with Gasteiger partial charge in [0.15, 0.2) is 0 Å². The van der Waals surface area contributed by atoms with Crippen LogP contribution in [0.3, 0.4) is 0 Å². The molecule has 0 unspecified atom stereocenters. The molecule has 1 rings (SSSR count). The fourth-order valence-corrected chi connectivity index (χ4v) is 3.37. The Labute approximate surface area is 140 Å². The normalized spacial score (nSPS) is 11.1. The van der Waals surface area contributed by atoms with Crippen molar-refractivity contribution in [2.24, 2.45) is 0 Å². The van der Waals surface area contributed by atoms with Gasteiger partial charge in [-0.25, -0.2) is 4.79 Å². The van der Waals surface area contributed by atoms with Gasteiger partial charge in [0.2, 0.25) is 0 Å². The molecule has 0 aliphatic heterocycles. The Bertz CT molecular complexity index is 536. The Morgan fingerprint density at radius 2 is 1.76 bits per heavy atom. The first-order valence-electron chi connectivity index (χ1n) is 6.37. The molecule has 0 aromatic heterocycles. The Morgan fingerprint density at radius 1 is 1.24 bits per heavy atom. The van der Waals surface area contributed by atoms with Crippen molar-refractivity contribution in [3.63, 3.8) is 0 Å². The van der Waals surface area contributed by atoms with Crippen LogP contribution >= 0.6 is 31.9 Å². The molecule has 0 fully saturated rings. The molecule has 0 radical (unpaired) electrons. The van der Waals surface area contributed by atoms with Gasteiger partial charge >= 0.3 is 12.0 Å². The van der Waals surface area contributed by atoms with Crippen LogP contribution < -0.4 is 10.6 Å². The Kier molecular flexibility index (Phi) is 6.22. The number of carbonyl (C=O) groups excluding carboxylic acids is 1. The molecule has 0 aliphatic carbocycles. The highest BCUT2D eigenvalue weighted by Crippen LogP contribution is 2.32. The van der Waals surface area contributed by atoms with E-state index in [4.69, 9.17) is 5.11 Å². The van der Waals surface area contributed by atoms with Crippen LogP contribution in [0, 0.1) is 6.92 Å². The van der Waals surface area contributed by atoms with Crippen molar-refractivity contribution in [3.8, 4) is 0 Å². The highest BCUT2D eigenvalue weighted by atomic mass is 79.9. The minimum Gasteiger partial charge on any atom is -0.481 e. The summed E-state index contributed by atoms with van der Waals surface area (Å²) in [6.07, 6.45) is 0.358. The zero-order valence-corrected chi connectivity index (χ0v) is 15.3. The smallest absolute Gasteiger partial charge is 0.319 e. The first kappa shape index (κ1) is 18.0. The summed E-state index contributed by atoms with van der Waals surface area (Å²) in [4.78, 5) is 22.7. The quantitative estimate of drug-likeness (QED) is 0.663. The van der Waals surface area contributed by atoms with E-state index in [1.165, 1.54) is 0 Å². The number of carbonyl (C=O) groups is 2. The van der Waals surface area contributed by atoms with E-state index < -0.39 is 11.5 Å². The van der Waals surface area contributed by atoms with E-state index in [1.807, 2.05) is 19.1 Å². The summed E-state index contributed by atoms with van der Waals surface area (Å²) < 4.78 is 1.54. The molecule has 21 heavy (non-hydrogen) atoms. The standard InChI is InChI=1S/C14H18Br2N2O3/c1-8-6-9(15)12(10(16)7-8)17-13(21)18-14(2,3)5-4-11(19)20/h6-7H,4-5H2,1-3H3,(H,19,20)(H2,17,18,21). The fraction of sp³-hybridized carbons (Fsp3) is 0.429. The molecule has 0 spiro atoms. The largest absolute Gasteiger partial charge is 0.481 e. The first-order chi connectivity index (χ1) is 9.60. The molecule has 0 bridgehead atoms. The number of urea groups is 1. The van der Waals surface area contributed by atoms with Crippen molar-refractivity contribution in [1.29, 1.82) is 0 Å². The third-order valence-corrected chi connectivity index (χ3v) is 4.09. The Morgan fingerprint density at radius 3 is 2.24 bits per heavy atom. The molecule has 1 aromatic carbocycles. The predicted molar refractivity (Wildman–Crippen MR) is 89.7 cm³/mol. The van der Waals surface area contributed by atoms with Gasteiger partial charge in [0, 0.05) is 20.9 Å². The lowest BCUT2D eigenvalue weighted by Gasteiger charge is -2.26. The average Bonchev–Trinajstić information content (AvgIpc) is 2.31. The summed E-state index contributed by atoms with van der Waals surface area (Å²) in [5, 5.41) is 14.2. The summed E-state index contributed by atoms with van der Waals surface area (Å²) in [6.45, 7) is 5.53. The van der Waals surface area contributed by atoms with E-state index in [9.17, 15) is 9.59 Å². The number of rotatable bonds is 5. The number of carboxylic acids is 1. The number of amides is 2. The van der Waals surface area contributed by atoms with Gasteiger partial charge in [0.05, 0.1) is 5.69 Å². The third-order valence-electron chi connectivity index (χ3n) is 2.84. The van der Waals surface area contributed by atoms with Gasteiger partial charge in [-0.1, -0.05) is 0 Å². The summed E-state index contributed by atoms with van der Waals surface area (Å²) in [5.74, 6) is -0.880. The summed E-state index contributed by atoms with van der Waals surface area (Å²) >= 11 is 6.81. The number of aryl methyl sites for hydroxylation is 1. The lowest BCUT2D eigenvalue weighted by atomic mass is 9.99. The van der Waals surface area contributed by atoms with Gasteiger partial charge in [0.1, 0.15) is 0 Å². The average molecular weight is 422 g/mol. The minimum absolute atomic E-state index is 0.00516. The number of hydrogen-bond donors (Lipinski definition) is 3. The fourth-order valence-electron chi connectivity index (χ4n) is 1.75. The van der Waals surface area contributed by atoms with Crippen LogP contribution in [0.2, 0.25) is 0 Å². The maximum atomic E-state index is 12.1. The number of hydrogen-bond acceptors (Lipinski definition) is 2. The molecule has 0 saturated carbocycles. The van der Waals surface area contributed by atoms with Crippen molar-refractivity contribution in [2.75, 3.05) is 5.32 Å². The zero-order valence-electron chi connectivity index (χ0n) is 12.1. The number of nitrogens with one attached hydrogen (secondary N) is 2. The van der Waals surface area contributed by atoms with Crippen molar-refractivity contribution >= 4 is 49.5 Å². The lowest BCUT2D eigenvalue weighted by Crippen LogP contribution is -2.45. The number of aliphatic carboxylic acids is 1. The van der Waals surface area contributed by atoms with Gasteiger partial charge in [-0.05, 0) is 76.7 Å². The van der Waals surface area contributed by atoms with Gasteiger partial charge in [-0.3, -0.25) is 4.79 Å². The van der Waals surface area contributed by atoms with Gasteiger partial charge in [0.25, 0.3) is 0 Å². The molecular formula is C14H18Br2N2O3. The number of carboxylic acid groups (broad SMARTS) is 1. The SMILES string of the molecule is Cc1cc(Br)c(NC(=O)NC(C)(C)CCC(=O)O)c(Br)c1. The van der Waals surface area contributed by atoms with Crippen LogP contribution in [-0.2, 0) is 4.79 Å².